The zero-order chi connectivity index (χ0) is 12.0. The van der Waals surface area contributed by atoms with E-state index in [1.54, 1.807) is 0 Å². The van der Waals surface area contributed by atoms with Gasteiger partial charge in [-0.05, 0) is 39.3 Å². The largest absolute Gasteiger partial charge is 0.299 e. The molecule has 1 atom stereocenters. The fraction of sp³-hybridized carbons (Fsp3) is 1.00. The topological polar surface area (TPSA) is 49.4 Å². The summed E-state index contributed by atoms with van der Waals surface area (Å²) < 4.78 is 25.7. The fourth-order valence-corrected chi connectivity index (χ4v) is 3.25. The quantitative estimate of drug-likeness (QED) is 0.768. The lowest BCUT2D eigenvalue weighted by molar-refractivity contribution is 0.175. The predicted octanol–water partition coefficient (Wildman–Crippen LogP) is 1.19. The number of sulfonamides is 1. The van der Waals surface area contributed by atoms with Gasteiger partial charge in [0.2, 0.25) is 10.0 Å². The molecule has 1 rings (SSSR count). The summed E-state index contributed by atoms with van der Waals surface area (Å²) >= 11 is 0. The molecule has 1 fully saturated rings. The van der Waals surface area contributed by atoms with Crippen LogP contribution in [0.15, 0.2) is 0 Å². The highest BCUT2D eigenvalue weighted by Gasteiger charge is 2.18. The molecule has 0 aromatic rings. The molecule has 0 amide bonds. The van der Waals surface area contributed by atoms with Gasteiger partial charge in [0.25, 0.3) is 0 Å². The standard InChI is InChI=1S/C11H24N2O2S/c1-3-9-16(14,15)12-10-11(2)13-7-5-4-6-8-13/h11-12H,3-10H2,1-2H3. The zero-order valence-electron chi connectivity index (χ0n) is 10.4. The predicted molar refractivity (Wildman–Crippen MR) is 67.0 cm³/mol. The summed E-state index contributed by atoms with van der Waals surface area (Å²) in [6, 6.07) is 0.312. The summed E-state index contributed by atoms with van der Waals surface area (Å²) in [5.41, 5.74) is 0. The second kappa shape index (κ2) is 6.57. The molecule has 5 heteroatoms. The Bertz CT molecular complexity index is 284. The van der Waals surface area contributed by atoms with E-state index in [2.05, 4.69) is 16.5 Å². The average molecular weight is 248 g/mol. The summed E-state index contributed by atoms with van der Waals surface area (Å²) in [7, 11) is -3.04. The number of hydrogen-bond acceptors (Lipinski definition) is 3. The van der Waals surface area contributed by atoms with E-state index in [0.717, 1.165) is 13.1 Å². The van der Waals surface area contributed by atoms with E-state index >= 15 is 0 Å². The van der Waals surface area contributed by atoms with Crippen LogP contribution in [0.5, 0.6) is 0 Å². The Balaban J connectivity index is 2.31. The SMILES string of the molecule is CCCS(=O)(=O)NCC(C)N1CCCCC1. The molecule has 1 N–H and O–H groups in total. The highest BCUT2D eigenvalue weighted by Crippen LogP contribution is 2.11. The van der Waals surface area contributed by atoms with Crippen molar-refractivity contribution < 1.29 is 8.42 Å². The van der Waals surface area contributed by atoms with Crippen molar-refractivity contribution in [2.24, 2.45) is 0 Å². The van der Waals surface area contributed by atoms with E-state index in [9.17, 15) is 8.42 Å². The number of hydrogen-bond donors (Lipinski definition) is 1. The lowest BCUT2D eigenvalue weighted by Crippen LogP contribution is -2.44. The number of piperidine rings is 1. The summed E-state index contributed by atoms with van der Waals surface area (Å²) in [4.78, 5) is 2.37. The normalized spacial score (nSPS) is 20.9. The summed E-state index contributed by atoms with van der Waals surface area (Å²) in [5.74, 6) is 0.236. The van der Waals surface area contributed by atoms with Gasteiger partial charge in [-0.25, -0.2) is 13.1 Å². The zero-order valence-corrected chi connectivity index (χ0v) is 11.2. The van der Waals surface area contributed by atoms with Gasteiger partial charge in [0, 0.05) is 12.6 Å². The van der Waals surface area contributed by atoms with Crippen LogP contribution >= 0.6 is 0 Å². The van der Waals surface area contributed by atoms with E-state index in [1.165, 1.54) is 19.3 Å². The van der Waals surface area contributed by atoms with Gasteiger partial charge < -0.3 is 0 Å². The number of nitrogens with one attached hydrogen (secondary N) is 1. The first-order valence-corrected chi connectivity index (χ1v) is 7.92. The van der Waals surface area contributed by atoms with Crippen LogP contribution in [0.2, 0.25) is 0 Å². The molecule has 0 aromatic heterocycles. The Morgan fingerprint density at radius 2 is 1.88 bits per heavy atom. The van der Waals surface area contributed by atoms with Crippen molar-refractivity contribution >= 4 is 10.0 Å². The molecule has 1 saturated heterocycles. The maximum absolute atomic E-state index is 11.5. The van der Waals surface area contributed by atoms with Crippen molar-refractivity contribution in [1.29, 1.82) is 0 Å². The van der Waals surface area contributed by atoms with Crippen LogP contribution in [0.25, 0.3) is 0 Å². The first-order chi connectivity index (χ1) is 7.55. The van der Waals surface area contributed by atoms with Gasteiger partial charge in [-0.3, -0.25) is 4.90 Å². The van der Waals surface area contributed by atoms with Crippen molar-refractivity contribution in [3.05, 3.63) is 0 Å². The third-order valence-electron chi connectivity index (χ3n) is 3.09. The molecule has 0 saturated carbocycles. The Kier molecular flexibility index (Phi) is 5.72. The summed E-state index contributed by atoms with van der Waals surface area (Å²) in [5, 5.41) is 0. The highest BCUT2D eigenvalue weighted by molar-refractivity contribution is 7.89. The second-order valence-electron chi connectivity index (χ2n) is 4.61. The minimum Gasteiger partial charge on any atom is -0.299 e. The van der Waals surface area contributed by atoms with E-state index in [0.29, 0.717) is 19.0 Å². The van der Waals surface area contributed by atoms with Gasteiger partial charge in [-0.15, -0.1) is 0 Å². The van der Waals surface area contributed by atoms with Crippen LogP contribution in [0.4, 0.5) is 0 Å². The van der Waals surface area contributed by atoms with E-state index in [4.69, 9.17) is 0 Å². The Hall–Kier alpha value is -0.130. The molecule has 0 spiro atoms. The molecule has 0 radical (unpaired) electrons. The van der Waals surface area contributed by atoms with Crippen molar-refractivity contribution in [1.82, 2.24) is 9.62 Å². The van der Waals surface area contributed by atoms with E-state index < -0.39 is 10.0 Å². The maximum atomic E-state index is 11.5. The molecule has 1 heterocycles. The molecule has 1 unspecified atom stereocenters. The van der Waals surface area contributed by atoms with Crippen molar-refractivity contribution in [2.75, 3.05) is 25.4 Å². The van der Waals surface area contributed by atoms with Crippen LogP contribution < -0.4 is 4.72 Å². The van der Waals surface area contributed by atoms with Crippen molar-refractivity contribution in [3.63, 3.8) is 0 Å². The number of likely N-dealkylation sites (tertiary alicyclic amines) is 1. The monoisotopic (exact) mass is 248 g/mol. The lowest BCUT2D eigenvalue weighted by atomic mass is 10.1. The van der Waals surface area contributed by atoms with Gasteiger partial charge in [0.05, 0.1) is 5.75 Å². The molecule has 1 aliphatic rings. The Labute approximate surface area is 99.5 Å². The maximum Gasteiger partial charge on any atom is 0.211 e. The number of rotatable bonds is 6. The Morgan fingerprint density at radius 3 is 2.44 bits per heavy atom. The van der Waals surface area contributed by atoms with E-state index in [-0.39, 0.29) is 5.75 Å². The molecule has 0 aromatic carbocycles. The van der Waals surface area contributed by atoms with Crippen LogP contribution in [-0.4, -0.2) is 44.7 Å². The summed E-state index contributed by atoms with van der Waals surface area (Å²) in [6.45, 7) is 6.74. The third-order valence-corrected chi connectivity index (χ3v) is 4.64. The Morgan fingerprint density at radius 1 is 1.25 bits per heavy atom. The van der Waals surface area contributed by atoms with Crippen LogP contribution in [0, 0.1) is 0 Å². The average Bonchev–Trinajstić information content (AvgIpc) is 2.27. The molecular formula is C11H24N2O2S. The molecule has 0 bridgehead atoms. The van der Waals surface area contributed by atoms with Gasteiger partial charge >= 0.3 is 0 Å². The fourth-order valence-electron chi connectivity index (χ4n) is 2.08. The van der Waals surface area contributed by atoms with Gasteiger partial charge in [-0.1, -0.05) is 13.3 Å². The second-order valence-corrected chi connectivity index (χ2v) is 6.54. The number of nitrogens with zero attached hydrogens (tertiary/aromatic N) is 1. The molecule has 1 aliphatic heterocycles. The minimum absolute atomic E-state index is 0.236. The van der Waals surface area contributed by atoms with Crippen LogP contribution in [0.3, 0.4) is 0 Å². The molecule has 4 nitrogen and oxygen atoms in total. The lowest BCUT2D eigenvalue weighted by Gasteiger charge is -2.32. The molecule has 16 heavy (non-hydrogen) atoms. The minimum atomic E-state index is -3.04. The highest BCUT2D eigenvalue weighted by atomic mass is 32.2. The van der Waals surface area contributed by atoms with Crippen molar-refractivity contribution in [3.8, 4) is 0 Å². The van der Waals surface area contributed by atoms with Crippen LogP contribution in [0.1, 0.15) is 39.5 Å². The molecule has 0 aliphatic carbocycles. The van der Waals surface area contributed by atoms with Gasteiger partial charge in [-0.2, -0.15) is 0 Å². The third kappa shape index (κ3) is 4.80. The van der Waals surface area contributed by atoms with Gasteiger partial charge in [0.15, 0.2) is 0 Å². The smallest absolute Gasteiger partial charge is 0.211 e. The van der Waals surface area contributed by atoms with Crippen molar-refractivity contribution in [2.45, 2.75) is 45.6 Å². The molecule has 96 valence electrons. The van der Waals surface area contributed by atoms with E-state index in [1.807, 2.05) is 6.92 Å². The molecular weight excluding hydrogens is 224 g/mol. The first kappa shape index (κ1) is 13.9. The summed E-state index contributed by atoms with van der Waals surface area (Å²) in [6.07, 6.45) is 4.47. The first-order valence-electron chi connectivity index (χ1n) is 6.26. The van der Waals surface area contributed by atoms with Gasteiger partial charge in [0.1, 0.15) is 0 Å². The van der Waals surface area contributed by atoms with Crippen LogP contribution in [-0.2, 0) is 10.0 Å².